The average molecular weight is 502 g/mol. The zero-order chi connectivity index (χ0) is 24.2. The number of hydrogen-bond donors (Lipinski definition) is 1. The van der Waals surface area contributed by atoms with Crippen molar-refractivity contribution >= 4 is 24.1 Å². The molecule has 1 N–H and O–H groups in total. The van der Waals surface area contributed by atoms with Gasteiger partial charge in [-0.2, -0.15) is 0 Å². The van der Waals surface area contributed by atoms with E-state index in [1.54, 1.807) is 31.2 Å². The fraction of sp³-hybridized carbons (Fsp3) is 0.731. The molecule has 0 aromatic heterocycles. The fourth-order valence-corrected chi connectivity index (χ4v) is 5.39. The van der Waals surface area contributed by atoms with E-state index in [2.05, 4.69) is 12.0 Å². The fourth-order valence-electron chi connectivity index (χ4n) is 3.70. The first-order valence-corrected chi connectivity index (χ1v) is 15.5. The van der Waals surface area contributed by atoms with Crippen molar-refractivity contribution in [2.75, 3.05) is 6.61 Å². The first kappa shape index (κ1) is 30.0. The lowest BCUT2D eigenvalue weighted by Gasteiger charge is -2.18. The first-order valence-electron chi connectivity index (χ1n) is 12.9. The minimum Gasteiger partial charge on any atom is -0.465 e. The molecule has 0 spiro atoms. The maximum atomic E-state index is 12.3. The maximum absolute atomic E-state index is 12.3. The van der Waals surface area contributed by atoms with Crippen LogP contribution in [0.1, 0.15) is 110 Å². The lowest BCUT2D eigenvalue weighted by atomic mass is 10.0. The molecule has 0 aliphatic heterocycles. The van der Waals surface area contributed by atoms with Gasteiger partial charge in [0.1, 0.15) is 11.8 Å². The zero-order valence-corrected chi connectivity index (χ0v) is 22.4. The van der Waals surface area contributed by atoms with Gasteiger partial charge in [-0.25, -0.2) is 9.65 Å². The normalized spacial score (nSPS) is 13.9. The maximum Gasteiger partial charge on any atom is 0.409 e. The molecule has 0 radical (unpaired) electrons. The van der Waals surface area contributed by atoms with Gasteiger partial charge in [-0.05, 0) is 25.5 Å². The van der Waals surface area contributed by atoms with Crippen LogP contribution in [-0.2, 0) is 14.1 Å². The monoisotopic (exact) mass is 501 g/mol. The molecule has 1 aromatic rings. The molecule has 0 aliphatic rings. The Morgan fingerprint density at radius 1 is 0.848 bits per heavy atom. The minimum atomic E-state index is -3.68. The van der Waals surface area contributed by atoms with Crippen molar-refractivity contribution in [1.82, 2.24) is 5.09 Å². The lowest BCUT2D eigenvalue weighted by Crippen LogP contribution is -2.33. The Labute approximate surface area is 206 Å². The Morgan fingerprint density at radius 2 is 1.30 bits per heavy atom. The largest absolute Gasteiger partial charge is 0.465 e. The van der Waals surface area contributed by atoms with Crippen LogP contribution in [0.4, 0.5) is 0 Å². The number of ether oxygens (including phenoxy) is 1. The number of benzene rings is 1. The summed E-state index contributed by atoms with van der Waals surface area (Å²) >= 11 is 5.93. The van der Waals surface area contributed by atoms with Gasteiger partial charge in [-0.15, -0.1) is 0 Å². The quantitative estimate of drug-likeness (QED) is 0.103. The number of carbonyl (C=O) groups is 1. The predicted molar refractivity (Wildman–Crippen MR) is 139 cm³/mol. The number of nitrogens with one attached hydrogen (secondary N) is 1. The summed E-state index contributed by atoms with van der Waals surface area (Å²) in [4.78, 5) is 12.1. The Bertz CT molecular complexity index is 659. The van der Waals surface area contributed by atoms with Crippen molar-refractivity contribution in [2.24, 2.45) is 0 Å². The van der Waals surface area contributed by atoms with Crippen LogP contribution in [-0.4, -0.2) is 18.6 Å². The molecule has 0 fully saturated rings. The third kappa shape index (κ3) is 17.1. The van der Waals surface area contributed by atoms with Crippen LogP contribution in [0.25, 0.3) is 0 Å². The number of halogens is 1. The van der Waals surface area contributed by atoms with Gasteiger partial charge < -0.3 is 9.26 Å². The molecule has 0 heterocycles. The van der Waals surface area contributed by atoms with E-state index in [1.165, 1.54) is 83.5 Å². The van der Waals surface area contributed by atoms with Crippen LogP contribution in [0.2, 0.25) is 0 Å². The van der Waals surface area contributed by atoms with E-state index in [0.717, 1.165) is 12.8 Å². The van der Waals surface area contributed by atoms with E-state index >= 15 is 0 Å². The minimum absolute atomic E-state index is 0.370. The van der Waals surface area contributed by atoms with E-state index in [4.69, 9.17) is 20.5 Å². The smallest absolute Gasteiger partial charge is 0.409 e. The molecule has 0 amide bonds. The number of hydrogen-bond acceptors (Lipinski definition) is 4. The molecule has 2 atom stereocenters. The third-order valence-corrected chi connectivity index (χ3v) is 7.30. The molecule has 1 unspecified atom stereocenters. The summed E-state index contributed by atoms with van der Waals surface area (Å²) < 4.78 is 22.9. The molecule has 0 aliphatic carbocycles. The molecule has 0 saturated carbocycles. The van der Waals surface area contributed by atoms with E-state index in [-0.39, 0.29) is 0 Å². The van der Waals surface area contributed by atoms with Gasteiger partial charge in [0.05, 0.1) is 6.61 Å². The van der Waals surface area contributed by atoms with Crippen LogP contribution in [0.3, 0.4) is 0 Å². The highest BCUT2D eigenvalue weighted by atomic mass is 35.7. The van der Waals surface area contributed by atoms with Gasteiger partial charge >= 0.3 is 12.8 Å². The van der Waals surface area contributed by atoms with Crippen molar-refractivity contribution < 1.29 is 18.6 Å². The number of unbranched alkanes of at least 4 members (excludes halogenated alkanes) is 14. The highest BCUT2D eigenvalue weighted by Crippen LogP contribution is 2.48. The molecular formula is C26H45ClNO4P. The molecule has 0 bridgehead atoms. The van der Waals surface area contributed by atoms with Gasteiger partial charge in [0.25, 0.3) is 0 Å². The predicted octanol–water partition coefficient (Wildman–Crippen LogP) is 8.81. The van der Waals surface area contributed by atoms with Crippen LogP contribution in [0, 0.1) is 0 Å². The Morgan fingerprint density at radius 3 is 1.79 bits per heavy atom. The van der Waals surface area contributed by atoms with Gasteiger partial charge in [-0.1, -0.05) is 115 Å². The Balaban J connectivity index is 1.94. The second kappa shape index (κ2) is 19.3. The van der Waals surface area contributed by atoms with Crippen molar-refractivity contribution in [1.29, 1.82) is 0 Å². The van der Waals surface area contributed by atoms with Crippen LogP contribution >= 0.6 is 18.1 Å². The number of para-hydroxylation sites is 1. The summed E-state index contributed by atoms with van der Waals surface area (Å²) in [5, 5.41) is 2.53. The van der Waals surface area contributed by atoms with Crippen molar-refractivity contribution in [2.45, 2.75) is 116 Å². The second-order valence-electron chi connectivity index (χ2n) is 8.85. The number of carbonyl (C=O) groups excluding carboxylic acids is 1. The second-order valence-corrected chi connectivity index (χ2v) is 11.6. The summed E-state index contributed by atoms with van der Waals surface area (Å²) in [5.74, 6) is -0.0976. The Kier molecular flexibility index (Phi) is 17.5. The first-order chi connectivity index (χ1) is 15.9. The van der Waals surface area contributed by atoms with E-state index in [0.29, 0.717) is 12.4 Å². The van der Waals surface area contributed by atoms with Gasteiger partial charge in [-0.3, -0.25) is 4.79 Å². The van der Waals surface area contributed by atoms with E-state index < -0.39 is 18.9 Å². The summed E-state index contributed by atoms with van der Waals surface area (Å²) in [6, 6.07) is 7.81. The number of rotatable bonds is 21. The Hall–Kier alpha value is -1.03. The van der Waals surface area contributed by atoms with Crippen LogP contribution in [0.15, 0.2) is 30.3 Å². The highest BCUT2D eigenvalue weighted by molar-refractivity contribution is 7.84. The van der Waals surface area contributed by atoms with Gasteiger partial charge in [0.2, 0.25) is 0 Å². The molecule has 190 valence electrons. The summed E-state index contributed by atoms with van der Waals surface area (Å²) in [6.45, 7) is 0.524. The van der Waals surface area contributed by atoms with Gasteiger partial charge in [0, 0.05) is 11.2 Å². The highest BCUT2D eigenvalue weighted by Gasteiger charge is 2.28. The van der Waals surface area contributed by atoms with E-state index in [9.17, 15) is 9.36 Å². The molecule has 0 saturated heterocycles. The van der Waals surface area contributed by atoms with Crippen LogP contribution in [0.5, 0.6) is 5.75 Å². The lowest BCUT2D eigenvalue weighted by molar-refractivity contribution is -0.145. The molecule has 1 aromatic carbocycles. The van der Waals surface area contributed by atoms with Crippen molar-refractivity contribution in [3.63, 3.8) is 0 Å². The van der Waals surface area contributed by atoms with Crippen molar-refractivity contribution in [3.05, 3.63) is 30.3 Å². The molecule has 5 nitrogen and oxygen atoms in total. The molecule has 7 heteroatoms. The summed E-state index contributed by atoms with van der Waals surface area (Å²) in [5.41, 5.74) is 0. The average Bonchev–Trinajstić information content (AvgIpc) is 2.78. The van der Waals surface area contributed by atoms with Crippen molar-refractivity contribution in [3.8, 4) is 5.75 Å². The number of esters is 1. The zero-order valence-electron chi connectivity index (χ0n) is 20.7. The molecule has 33 heavy (non-hydrogen) atoms. The molecular weight excluding hydrogens is 457 g/mol. The topological polar surface area (TPSA) is 64.6 Å². The van der Waals surface area contributed by atoms with E-state index in [1.807, 2.05) is 6.07 Å². The molecule has 1 rings (SSSR count). The standard InChI is InChI=1S/C26H45ClNO4P/c1-3-4-5-6-7-8-9-10-11-12-13-14-15-16-20-23-31-26(29)24(2)28-33(27,30)32-25-21-18-17-19-22-25/h17-19,21-22,24H,3-16,20,23H2,1-2H3,(H,28,30)/t24-,33?/m0/s1. The summed E-state index contributed by atoms with van der Waals surface area (Å²) in [7, 11) is 0. The SMILES string of the molecule is CCCCCCCCCCCCCCCCCOC(=O)[C@H](C)NP(=O)(Cl)Oc1ccccc1. The van der Waals surface area contributed by atoms with Gasteiger partial charge in [0.15, 0.2) is 0 Å². The van der Waals surface area contributed by atoms with Crippen LogP contribution < -0.4 is 9.61 Å². The summed E-state index contributed by atoms with van der Waals surface area (Å²) in [6.07, 6.45) is 19.4. The third-order valence-electron chi connectivity index (χ3n) is 5.66.